The van der Waals surface area contributed by atoms with Crippen LogP contribution in [0, 0.1) is 5.82 Å². The Morgan fingerprint density at radius 2 is 1.86 bits per heavy atom. The molecular weight excluding hydrogens is 271 g/mol. The van der Waals surface area contributed by atoms with Gasteiger partial charge in [0, 0.05) is 0 Å². The molecule has 112 valence electrons. The summed E-state index contributed by atoms with van der Waals surface area (Å²) in [4.78, 5) is 0. The molecule has 2 rings (SSSR count). The van der Waals surface area contributed by atoms with Crippen molar-refractivity contribution in [2.24, 2.45) is 0 Å². The van der Waals surface area contributed by atoms with Crippen LogP contribution in [0.1, 0.15) is 30.6 Å². The molecule has 3 nitrogen and oxygen atoms in total. The Hall–Kier alpha value is -2.07. The van der Waals surface area contributed by atoms with Gasteiger partial charge >= 0.3 is 0 Å². The standard InChI is InChI=1S/C17H19FO3/c1-3-11-21-13-9-7-12(8-10-13)17(19)16-14(18)5-4-6-15(16)20-2/h4-10,17,19H,3,11H2,1-2H3. The maximum atomic E-state index is 14.0. The highest BCUT2D eigenvalue weighted by molar-refractivity contribution is 5.42. The van der Waals surface area contributed by atoms with Gasteiger partial charge in [0.2, 0.25) is 0 Å². The molecule has 0 radical (unpaired) electrons. The summed E-state index contributed by atoms with van der Waals surface area (Å²) in [7, 11) is 1.45. The van der Waals surface area contributed by atoms with Crippen LogP contribution in [0.4, 0.5) is 4.39 Å². The Labute approximate surface area is 124 Å². The van der Waals surface area contributed by atoms with Gasteiger partial charge in [-0.1, -0.05) is 25.1 Å². The van der Waals surface area contributed by atoms with E-state index in [0.29, 0.717) is 17.9 Å². The summed E-state index contributed by atoms with van der Waals surface area (Å²) in [6, 6.07) is 11.5. The first-order chi connectivity index (χ1) is 10.2. The zero-order chi connectivity index (χ0) is 15.2. The summed E-state index contributed by atoms with van der Waals surface area (Å²) in [5.74, 6) is 0.565. The van der Waals surface area contributed by atoms with Crippen molar-refractivity contribution in [1.82, 2.24) is 0 Å². The molecule has 0 fully saturated rings. The molecule has 0 aromatic heterocycles. The minimum absolute atomic E-state index is 0.141. The largest absolute Gasteiger partial charge is 0.496 e. The van der Waals surface area contributed by atoms with E-state index < -0.39 is 11.9 Å². The number of rotatable bonds is 6. The van der Waals surface area contributed by atoms with Gasteiger partial charge in [0.25, 0.3) is 0 Å². The number of ether oxygens (including phenoxy) is 2. The molecule has 1 unspecified atom stereocenters. The summed E-state index contributed by atoms with van der Waals surface area (Å²) in [6.07, 6.45) is -0.155. The summed E-state index contributed by atoms with van der Waals surface area (Å²) in [5, 5.41) is 10.4. The van der Waals surface area contributed by atoms with Crippen LogP contribution in [-0.2, 0) is 0 Å². The van der Waals surface area contributed by atoms with E-state index in [4.69, 9.17) is 9.47 Å². The predicted molar refractivity (Wildman–Crippen MR) is 79.2 cm³/mol. The first kappa shape index (κ1) is 15.3. The van der Waals surface area contributed by atoms with E-state index in [1.807, 2.05) is 6.92 Å². The molecule has 4 heteroatoms. The van der Waals surface area contributed by atoms with Crippen molar-refractivity contribution in [3.8, 4) is 11.5 Å². The SMILES string of the molecule is CCCOc1ccc(C(O)c2c(F)cccc2OC)cc1. The van der Waals surface area contributed by atoms with Crippen LogP contribution in [0.2, 0.25) is 0 Å². The molecule has 2 aromatic carbocycles. The van der Waals surface area contributed by atoms with Crippen molar-refractivity contribution in [2.45, 2.75) is 19.4 Å². The summed E-state index contributed by atoms with van der Waals surface area (Å²) in [5.41, 5.74) is 0.726. The Kier molecular flexibility index (Phi) is 5.17. The van der Waals surface area contributed by atoms with Crippen LogP contribution in [0.5, 0.6) is 11.5 Å². The molecule has 21 heavy (non-hydrogen) atoms. The van der Waals surface area contributed by atoms with Gasteiger partial charge in [-0.2, -0.15) is 0 Å². The van der Waals surface area contributed by atoms with Gasteiger partial charge in [-0.05, 0) is 36.2 Å². The van der Waals surface area contributed by atoms with Crippen LogP contribution in [0.25, 0.3) is 0 Å². The third-order valence-corrected chi connectivity index (χ3v) is 3.17. The lowest BCUT2D eigenvalue weighted by atomic mass is 10.00. The molecule has 0 aliphatic rings. The number of aliphatic hydroxyl groups is 1. The molecule has 1 atom stereocenters. The second kappa shape index (κ2) is 7.09. The molecule has 1 N–H and O–H groups in total. The second-order valence-electron chi connectivity index (χ2n) is 4.68. The first-order valence-electron chi connectivity index (χ1n) is 6.90. The van der Waals surface area contributed by atoms with E-state index >= 15 is 0 Å². The molecule has 0 heterocycles. The average Bonchev–Trinajstić information content (AvgIpc) is 2.52. The van der Waals surface area contributed by atoms with Crippen LogP contribution in [0.15, 0.2) is 42.5 Å². The normalized spacial score (nSPS) is 12.0. The van der Waals surface area contributed by atoms with Gasteiger partial charge in [0.1, 0.15) is 23.4 Å². The maximum Gasteiger partial charge on any atom is 0.133 e. The predicted octanol–water partition coefficient (Wildman–Crippen LogP) is 3.70. The van der Waals surface area contributed by atoms with Gasteiger partial charge in [-0.15, -0.1) is 0 Å². The Balaban J connectivity index is 2.26. The lowest BCUT2D eigenvalue weighted by molar-refractivity contribution is 0.208. The van der Waals surface area contributed by atoms with E-state index in [1.165, 1.54) is 13.2 Å². The molecule has 0 aliphatic heterocycles. The Morgan fingerprint density at radius 3 is 2.48 bits per heavy atom. The van der Waals surface area contributed by atoms with Crippen molar-refractivity contribution in [3.63, 3.8) is 0 Å². The molecule has 0 amide bonds. The highest BCUT2D eigenvalue weighted by Crippen LogP contribution is 2.32. The van der Waals surface area contributed by atoms with Crippen molar-refractivity contribution in [3.05, 3.63) is 59.4 Å². The Bertz CT molecular complexity index is 581. The van der Waals surface area contributed by atoms with E-state index in [9.17, 15) is 9.50 Å². The summed E-state index contributed by atoms with van der Waals surface area (Å²) < 4.78 is 24.6. The van der Waals surface area contributed by atoms with Gasteiger partial charge in [-0.25, -0.2) is 4.39 Å². The van der Waals surface area contributed by atoms with Crippen molar-refractivity contribution in [2.75, 3.05) is 13.7 Å². The molecule has 0 saturated carbocycles. The monoisotopic (exact) mass is 290 g/mol. The highest BCUT2D eigenvalue weighted by Gasteiger charge is 2.19. The van der Waals surface area contributed by atoms with Crippen LogP contribution in [-0.4, -0.2) is 18.8 Å². The van der Waals surface area contributed by atoms with E-state index in [-0.39, 0.29) is 5.56 Å². The minimum Gasteiger partial charge on any atom is -0.496 e. The number of methoxy groups -OCH3 is 1. The molecule has 0 bridgehead atoms. The Morgan fingerprint density at radius 1 is 1.14 bits per heavy atom. The molecule has 0 saturated heterocycles. The summed E-state index contributed by atoms with van der Waals surface area (Å²) in [6.45, 7) is 2.67. The second-order valence-corrected chi connectivity index (χ2v) is 4.68. The van der Waals surface area contributed by atoms with Crippen LogP contribution >= 0.6 is 0 Å². The maximum absolute atomic E-state index is 14.0. The van der Waals surface area contributed by atoms with Crippen molar-refractivity contribution >= 4 is 0 Å². The average molecular weight is 290 g/mol. The van der Waals surface area contributed by atoms with Gasteiger partial charge < -0.3 is 14.6 Å². The third-order valence-electron chi connectivity index (χ3n) is 3.17. The molecular formula is C17H19FO3. The van der Waals surface area contributed by atoms with E-state index in [1.54, 1.807) is 36.4 Å². The molecule has 2 aromatic rings. The number of hydrogen-bond donors (Lipinski definition) is 1. The fraction of sp³-hybridized carbons (Fsp3) is 0.294. The topological polar surface area (TPSA) is 38.7 Å². The number of benzene rings is 2. The smallest absolute Gasteiger partial charge is 0.133 e. The minimum atomic E-state index is -1.08. The quantitative estimate of drug-likeness (QED) is 0.881. The zero-order valence-corrected chi connectivity index (χ0v) is 12.2. The highest BCUT2D eigenvalue weighted by atomic mass is 19.1. The first-order valence-corrected chi connectivity index (χ1v) is 6.90. The third kappa shape index (κ3) is 3.52. The van der Waals surface area contributed by atoms with E-state index in [2.05, 4.69) is 0 Å². The van der Waals surface area contributed by atoms with Gasteiger partial charge in [0.05, 0.1) is 19.3 Å². The molecule has 0 spiro atoms. The zero-order valence-electron chi connectivity index (χ0n) is 12.2. The van der Waals surface area contributed by atoms with Crippen LogP contribution < -0.4 is 9.47 Å². The van der Waals surface area contributed by atoms with Crippen molar-refractivity contribution in [1.29, 1.82) is 0 Å². The number of aliphatic hydroxyl groups excluding tert-OH is 1. The number of hydrogen-bond acceptors (Lipinski definition) is 3. The fourth-order valence-corrected chi connectivity index (χ4v) is 2.09. The van der Waals surface area contributed by atoms with E-state index in [0.717, 1.165) is 12.2 Å². The van der Waals surface area contributed by atoms with Crippen molar-refractivity contribution < 1.29 is 19.0 Å². The van der Waals surface area contributed by atoms with Crippen LogP contribution in [0.3, 0.4) is 0 Å². The fourth-order valence-electron chi connectivity index (χ4n) is 2.09. The lowest BCUT2D eigenvalue weighted by Crippen LogP contribution is -2.05. The van der Waals surface area contributed by atoms with Gasteiger partial charge in [-0.3, -0.25) is 0 Å². The number of halogens is 1. The lowest BCUT2D eigenvalue weighted by Gasteiger charge is -2.16. The summed E-state index contributed by atoms with van der Waals surface area (Å²) >= 11 is 0. The van der Waals surface area contributed by atoms with Gasteiger partial charge in [0.15, 0.2) is 0 Å². The molecule has 0 aliphatic carbocycles.